The molecule has 0 aliphatic carbocycles. The lowest BCUT2D eigenvalue weighted by atomic mass is 10.1. The van der Waals surface area contributed by atoms with Crippen molar-refractivity contribution in [3.63, 3.8) is 0 Å². The number of rotatable bonds is 5. The first-order valence-electron chi connectivity index (χ1n) is 9.77. The van der Waals surface area contributed by atoms with Gasteiger partial charge in [-0.3, -0.25) is 9.48 Å². The number of pyridine rings is 1. The smallest absolute Gasteiger partial charge is 0.256 e. The quantitative estimate of drug-likeness (QED) is 0.537. The molecule has 7 nitrogen and oxygen atoms in total. The minimum absolute atomic E-state index is 0.128. The second kappa shape index (κ2) is 7.70. The molecule has 0 unspecified atom stereocenters. The van der Waals surface area contributed by atoms with E-state index in [-0.39, 0.29) is 24.3 Å². The Hall–Kier alpha value is -3.55. The highest BCUT2D eigenvalue weighted by Crippen LogP contribution is 2.25. The van der Waals surface area contributed by atoms with Crippen molar-refractivity contribution in [2.24, 2.45) is 0 Å². The van der Waals surface area contributed by atoms with Crippen LogP contribution in [0.15, 0.2) is 42.7 Å². The van der Waals surface area contributed by atoms with Crippen LogP contribution in [0.5, 0.6) is 0 Å². The molecule has 0 aliphatic heterocycles. The van der Waals surface area contributed by atoms with Crippen LogP contribution < -0.4 is 5.32 Å². The number of nitrogens with one attached hydrogen (secondary N) is 1. The molecule has 0 spiro atoms. The predicted octanol–water partition coefficient (Wildman–Crippen LogP) is 4.27. The maximum atomic E-state index is 13.9. The standard InChI is InChI=1S/C22H23FN6O/c1-13(2)29-21-20(15(4)27-29)18(9-14(3)25-21)22(30)26-17-10-24-28(12-17)11-16-7-5-6-8-19(16)23/h5-10,12-13H,11H2,1-4H3,(H,26,30). The van der Waals surface area contributed by atoms with E-state index < -0.39 is 0 Å². The van der Waals surface area contributed by atoms with E-state index in [4.69, 9.17) is 0 Å². The molecule has 4 rings (SSSR count). The number of aryl methyl sites for hydroxylation is 2. The molecule has 0 bridgehead atoms. The van der Waals surface area contributed by atoms with E-state index in [9.17, 15) is 9.18 Å². The van der Waals surface area contributed by atoms with Gasteiger partial charge in [-0.25, -0.2) is 14.1 Å². The second-order valence-electron chi connectivity index (χ2n) is 7.61. The minimum atomic E-state index is -0.286. The number of carbonyl (C=O) groups excluding carboxylic acids is 1. The van der Waals surface area contributed by atoms with E-state index in [0.717, 1.165) is 16.8 Å². The highest BCUT2D eigenvalue weighted by Gasteiger charge is 2.20. The summed E-state index contributed by atoms with van der Waals surface area (Å²) in [4.78, 5) is 17.7. The molecule has 3 heterocycles. The van der Waals surface area contributed by atoms with E-state index in [2.05, 4.69) is 20.5 Å². The van der Waals surface area contributed by atoms with Crippen molar-refractivity contribution in [3.8, 4) is 0 Å². The molecule has 1 amide bonds. The van der Waals surface area contributed by atoms with Crippen LogP contribution in [0.4, 0.5) is 10.1 Å². The number of halogens is 1. The zero-order valence-electron chi connectivity index (χ0n) is 17.3. The zero-order valence-corrected chi connectivity index (χ0v) is 17.3. The largest absolute Gasteiger partial charge is 0.319 e. The van der Waals surface area contributed by atoms with Crippen LogP contribution in [-0.4, -0.2) is 30.5 Å². The van der Waals surface area contributed by atoms with Gasteiger partial charge in [0.05, 0.1) is 35.1 Å². The van der Waals surface area contributed by atoms with Crippen LogP contribution in [0.25, 0.3) is 11.0 Å². The summed E-state index contributed by atoms with van der Waals surface area (Å²) in [6, 6.07) is 8.44. The van der Waals surface area contributed by atoms with Crippen LogP contribution in [-0.2, 0) is 6.54 Å². The first-order valence-corrected chi connectivity index (χ1v) is 9.77. The lowest BCUT2D eigenvalue weighted by molar-refractivity contribution is 0.102. The number of anilines is 1. The molecule has 1 N–H and O–H groups in total. The van der Waals surface area contributed by atoms with Crippen molar-refractivity contribution in [1.29, 1.82) is 0 Å². The number of hydrogen-bond donors (Lipinski definition) is 1. The molecule has 8 heteroatoms. The van der Waals surface area contributed by atoms with Gasteiger partial charge in [-0.05, 0) is 39.8 Å². The van der Waals surface area contributed by atoms with Crippen LogP contribution in [0.1, 0.15) is 47.2 Å². The molecule has 0 saturated carbocycles. The molecular weight excluding hydrogens is 383 g/mol. The third-order valence-electron chi connectivity index (χ3n) is 4.88. The maximum Gasteiger partial charge on any atom is 0.256 e. The van der Waals surface area contributed by atoms with Crippen molar-refractivity contribution in [2.75, 3.05) is 5.32 Å². The number of amides is 1. The summed E-state index contributed by atoms with van der Waals surface area (Å²) in [6.07, 6.45) is 3.23. The Bertz CT molecular complexity index is 1240. The third kappa shape index (κ3) is 3.68. The molecule has 0 aliphatic rings. The molecule has 3 aromatic heterocycles. The van der Waals surface area contributed by atoms with Crippen molar-refractivity contribution < 1.29 is 9.18 Å². The summed E-state index contributed by atoms with van der Waals surface area (Å²) < 4.78 is 17.3. The van der Waals surface area contributed by atoms with E-state index in [1.807, 2.05) is 32.4 Å². The first-order chi connectivity index (χ1) is 14.3. The zero-order chi connectivity index (χ0) is 21.4. The van der Waals surface area contributed by atoms with Crippen molar-refractivity contribution in [1.82, 2.24) is 24.5 Å². The van der Waals surface area contributed by atoms with Crippen molar-refractivity contribution in [3.05, 3.63) is 71.1 Å². The normalized spacial score (nSPS) is 11.4. The van der Waals surface area contributed by atoms with Gasteiger partial charge in [0, 0.05) is 23.5 Å². The van der Waals surface area contributed by atoms with Crippen LogP contribution in [0.3, 0.4) is 0 Å². The van der Waals surface area contributed by atoms with Crippen LogP contribution in [0, 0.1) is 19.7 Å². The molecule has 154 valence electrons. The summed E-state index contributed by atoms with van der Waals surface area (Å²) in [5.74, 6) is -0.548. The van der Waals surface area contributed by atoms with Crippen molar-refractivity contribution >= 4 is 22.6 Å². The van der Waals surface area contributed by atoms with E-state index >= 15 is 0 Å². The summed E-state index contributed by atoms with van der Waals surface area (Å²) in [5.41, 5.74) is 3.78. The molecule has 1 aromatic carbocycles. The maximum absolute atomic E-state index is 13.9. The van der Waals surface area contributed by atoms with E-state index in [1.165, 1.54) is 6.07 Å². The summed E-state index contributed by atoms with van der Waals surface area (Å²) in [6.45, 7) is 8.07. The fourth-order valence-corrected chi connectivity index (χ4v) is 3.49. The summed E-state index contributed by atoms with van der Waals surface area (Å²) in [5, 5.41) is 12.4. The Morgan fingerprint density at radius 2 is 2.00 bits per heavy atom. The number of carbonyl (C=O) groups is 1. The number of aromatic nitrogens is 5. The highest BCUT2D eigenvalue weighted by molar-refractivity contribution is 6.12. The molecule has 4 aromatic rings. The molecule has 0 atom stereocenters. The molecule has 30 heavy (non-hydrogen) atoms. The topological polar surface area (TPSA) is 77.6 Å². The second-order valence-corrected chi connectivity index (χ2v) is 7.61. The van der Waals surface area contributed by atoms with Gasteiger partial charge < -0.3 is 5.32 Å². The van der Waals surface area contributed by atoms with E-state index in [1.54, 1.807) is 41.3 Å². The minimum Gasteiger partial charge on any atom is -0.319 e. The van der Waals surface area contributed by atoms with Crippen molar-refractivity contribution in [2.45, 2.75) is 40.3 Å². The number of hydrogen-bond acceptors (Lipinski definition) is 4. The SMILES string of the molecule is Cc1cc(C(=O)Nc2cnn(Cc3ccccc3F)c2)c2c(C)nn(C(C)C)c2n1. The van der Waals surface area contributed by atoms with Gasteiger partial charge in [-0.15, -0.1) is 0 Å². The first kappa shape index (κ1) is 19.8. The van der Waals surface area contributed by atoms with Gasteiger partial charge in [0.2, 0.25) is 0 Å². The summed E-state index contributed by atoms with van der Waals surface area (Å²) in [7, 11) is 0. The fourth-order valence-electron chi connectivity index (χ4n) is 3.49. The Labute approximate surface area is 173 Å². The monoisotopic (exact) mass is 406 g/mol. The van der Waals surface area contributed by atoms with Crippen LogP contribution >= 0.6 is 0 Å². The highest BCUT2D eigenvalue weighted by atomic mass is 19.1. The lowest BCUT2D eigenvalue weighted by Crippen LogP contribution is -2.13. The third-order valence-corrected chi connectivity index (χ3v) is 4.88. The van der Waals surface area contributed by atoms with Crippen LogP contribution in [0.2, 0.25) is 0 Å². The molecular formula is C22H23FN6O. The van der Waals surface area contributed by atoms with Gasteiger partial charge in [0.25, 0.3) is 5.91 Å². The lowest BCUT2D eigenvalue weighted by Gasteiger charge is -2.09. The Balaban J connectivity index is 1.61. The molecule has 0 fully saturated rings. The number of benzene rings is 1. The van der Waals surface area contributed by atoms with Gasteiger partial charge in [0.15, 0.2) is 5.65 Å². The number of fused-ring (bicyclic) bond motifs is 1. The number of nitrogens with zero attached hydrogens (tertiary/aromatic N) is 5. The molecule has 0 radical (unpaired) electrons. The summed E-state index contributed by atoms with van der Waals surface area (Å²) >= 11 is 0. The van der Waals surface area contributed by atoms with Gasteiger partial charge in [-0.1, -0.05) is 18.2 Å². The average Bonchev–Trinajstić information content (AvgIpc) is 3.27. The van der Waals surface area contributed by atoms with Gasteiger partial charge >= 0.3 is 0 Å². The average molecular weight is 406 g/mol. The molecule has 0 saturated heterocycles. The Morgan fingerprint density at radius 3 is 2.73 bits per heavy atom. The van der Waals surface area contributed by atoms with Gasteiger partial charge in [0.1, 0.15) is 5.82 Å². The Morgan fingerprint density at radius 1 is 1.23 bits per heavy atom. The fraction of sp³-hybridized carbons (Fsp3) is 0.273. The Kier molecular flexibility index (Phi) is 5.07. The predicted molar refractivity (Wildman–Crippen MR) is 113 cm³/mol. The van der Waals surface area contributed by atoms with E-state index in [0.29, 0.717) is 22.5 Å². The van der Waals surface area contributed by atoms with Gasteiger partial charge in [-0.2, -0.15) is 10.2 Å².